The molecule has 10 heteroatoms. The molecule has 4 amide bonds. The molecule has 2 N–H and O–H groups in total. The molecule has 0 radical (unpaired) electrons. The second kappa shape index (κ2) is 5.51. The number of benzene rings is 1. The number of imide groups is 2. The topological polar surface area (TPSA) is 118 Å². The summed E-state index contributed by atoms with van der Waals surface area (Å²) in [4.78, 5) is 44.1. The van der Waals surface area contributed by atoms with Crippen molar-refractivity contribution >= 4 is 52.8 Å². The van der Waals surface area contributed by atoms with Crippen molar-refractivity contribution in [3.05, 3.63) is 43.4 Å². The van der Waals surface area contributed by atoms with Gasteiger partial charge in [0.25, 0.3) is 17.5 Å². The standard InChI is InChI=1S/C11H5Cl2N3O5/c12-6-3-7(13)8(16(20)21)2-4(6)1-5-9(17)14-11(19)15-10(5)18/h1-3H,(H2,14,15,17,18,19). The maximum atomic E-state index is 11.6. The molecule has 2 rings (SSSR count). The third-order valence-electron chi connectivity index (χ3n) is 2.51. The Morgan fingerprint density at radius 3 is 2.14 bits per heavy atom. The number of hydrogen-bond acceptors (Lipinski definition) is 5. The lowest BCUT2D eigenvalue weighted by Crippen LogP contribution is -2.51. The average molecular weight is 330 g/mol. The zero-order valence-corrected chi connectivity index (χ0v) is 11.5. The summed E-state index contributed by atoms with van der Waals surface area (Å²) in [5.41, 5.74) is -0.795. The van der Waals surface area contributed by atoms with E-state index in [1.807, 2.05) is 10.6 Å². The molecule has 0 unspecified atom stereocenters. The molecule has 0 spiro atoms. The fraction of sp³-hybridized carbons (Fsp3) is 0. The maximum Gasteiger partial charge on any atom is 0.328 e. The second-order valence-electron chi connectivity index (χ2n) is 3.88. The van der Waals surface area contributed by atoms with Crippen LogP contribution in [0, 0.1) is 10.1 Å². The molecule has 1 aliphatic heterocycles. The largest absolute Gasteiger partial charge is 0.328 e. The number of hydrogen-bond donors (Lipinski definition) is 2. The van der Waals surface area contributed by atoms with Crippen molar-refractivity contribution in [3.8, 4) is 0 Å². The first-order valence-corrected chi connectivity index (χ1v) is 6.07. The van der Waals surface area contributed by atoms with E-state index in [-0.39, 0.29) is 15.6 Å². The third-order valence-corrected chi connectivity index (χ3v) is 3.14. The molecule has 1 aromatic carbocycles. The quantitative estimate of drug-likeness (QED) is 0.370. The van der Waals surface area contributed by atoms with Crippen molar-refractivity contribution < 1.29 is 19.3 Å². The van der Waals surface area contributed by atoms with Gasteiger partial charge in [-0.25, -0.2) is 4.79 Å². The molecule has 1 heterocycles. The van der Waals surface area contributed by atoms with Gasteiger partial charge in [-0.15, -0.1) is 0 Å². The van der Waals surface area contributed by atoms with Crippen LogP contribution >= 0.6 is 23.2 Å². The van der Waals surface area contributed by atoms with Crippen molar-refractivity contribution in [3.63, 3.8) is 0 Å². The monoisotopic (exact) mass is 329 g/mol. The van der Waals surface area contributed by atoms with Crippen LogP contribution in [0.3, 0.4) is 0 Å². The fourth-order valence-electron chi connectivity index (χ4n) is 1.57. The number of nitrogens with zero attached hydrogens (tertiary/aromatic N) is 1. The fourth-order valence-corrected chi connectivity index (χ4v) is 2.07. The highest BCUT2D eigenvalue weighted by Gasteiger charge is 2.28. The van der Waals surface area contributed by atoms with Gasteiger partial charge in [-0.2, -0.15) is 0 Å². The summed E-state index contributed by atoms with van der Waals surface area (Å²) in [6.45, 7) is 0. The lowest BCUT2D eigenvalue weighted by Gasteiger charge is -2.14. The van der Waals surface area contributed by atoms with Crippen LogP contribution in [-0.2, 0) is 9.59 Å². The van der Waals surface area contributed by atoms with Crippen LogP contribution in [0.5, 0.6) is 0 Å². The van der Waals surface area contributed by atoms with E-state index in [1.165, 1.54) is 0 Å². The molecule has 1 fully saturated rings. The summed E-state index contributed by atoms with van der Waals surface area (Å²) >= 11 is 11.5. The molecule has 0 aliphatic carbocycles. The maximum absolute atomic E-state index is 11.6. The number of rotatable bonds is 2. The van der Waals surface area contributed by atoms with Crippen molar-refractivity contribution in [2.75, 3.05) is 0 Å². The van der Waals surface area contributed by atoms with Crippen LogP contribution in [0.25, 0.3) is 6.08 Å². The molecule has 0 saturated carbocycles. The van der Waals surface area contributed by atoms with Crippen molar-refractivity contribution in [2.24, 2.45) is 0 Å². The number of amides is 4. The van der Waals surface area contributed by atoms with Crippen LogP contribution in [0.1, 0.15) is 5.56 Å². The van der Waals surface area contributed by atoms with Crippen LogP contribution < -0.4 is 10.6 Å². The molecular weight excluding hydrogens is 325 g/mol. The van der Waals surface area contributed by atoms with E-state index < -0.39 is 34.0 Å². The minimum absolute atomic E-state index is 0.00981. The van der Waals surface area contributed by atoms with E-state index in [0.29, 0.717) is 0 Å². The highest BCUT2D eigenvalue weighted by Crippen LogP contribution is 2.32. The Balaban J connectivity index is 2.52. The molecule has 1 saturated heterocycles. The Bertz CT molecular complexity index is 707. The number of nitrogens with one attached hydrogen (secondary N) is 2. The van der Waals surface area contributed by atoms with E-state index in [2.05, 4.69) is 0 Å². The predicted molar refractivity (Wildman–Crippen MR) is 72.8 cm³/mol. The number of halogens is 2. The summed E-state index contributed by atoms with van der Waals surface area (Å²) in [6, 6.07) is 1.20. The van der Waals surface area contributed by atoms with E-state index in [9.17, 15) is 24.5 Å². The van der Waals surface area contributed by atoms with Gasteiger partial charge in [0.2, 0.25) is 0 Å². The van der Waals surface area contributed by atoms with Crippen molar-refractivity contribution in [1.29, 1.82) is 0 Å². The summed E-state index contributed by atoms with van der Waals surface area (Å²) in [6.07, 6.45) is 1.03. The molecule has 8 nitrogen and oxygen atoms in total. The average Bonchev–Trinajstić information content (AvgIpc) is 2.35. The Kier molecular flexibility index (Phi) is 3.92. The molecule has 0 atom stereocenters. The molecule has 21 heavy (non-hydrogen) atoms. The van der Waals surface area contributed by atoms with Gasteiger partial charge in [-0.05, 0) is 12.1 Å². The number of barbiturate groups is 1. The number of nitro benzene ring substituents is 1. The van der Waals surface area contributed by atoms with Crippen LogP contribution in [0.4, 0.5) is 10.5 Å². The Labute approximate surface area is 126 Å². The Morgan fingerprint density at radius 2 is 1.62 bits per heavy atom. The first-order chi connectivity index (χ1) is 9.79. The number of urea groups is 1. The summed E-state index contributed by atoms with van der Waals surface area (Å²) in [5.74, 6) is -1.87. The zero-order valence-electron chi connectivity index (χ0n) is 9.98. The lowest BCUT2D eigenvalue weighted by atomic mass is 10.1. The van der Waals surface area contributed by atoms with Crippen LogP contribution in [-0.4, -0.2) is 22.8 Å². The smallest absolute Gasteiger partial charge is 0.273 e. The minimum atomic E-state index is -0.949. The van der Waals surface area contributed by atoms with E-state index in [4.69, 9.17) is 23.2 Å². The highest BCUT2D eigenvalue weighted by molar-refractivity contribution is 6.37. The summed E-state index contributed by atoms with van der Waals surface area (Å²) in [7, 11) is 0. The van der Waals surface area contributed by atoms with Gasteiger partial charge in [0.05, 0.1) is 4.92 Å². The number of carbonyl (C=O) groups excluding carboxylic acids is 3. The molecule has 1 aromatic rings. The van der Waals surface area contributed by atoms with Gasteiger partial charge in [-0.3, -0.25) is 30.3 Å². The molecule has 0 bridgehead atoms. The van der Waals surface area contributed by atoms with Crippen LogP contribution in [0.15, 0.2) is 17.7 Å². The second-order valence-corrected chi connectivity index (χ2v) is 4.69. The van der Waals surface area contributed by atoms with Gasteiger partial charge in [0.15, 0.2) is 0 Å². The predicted octanol–water partition coefficient (Wildman–Crippen LogP) is 1.65. The van der Waals surface area contributed by atoms with Gasteiger partial charge in [0, 0.05) is 16.7 Å². The van der Waals surface area contributed by atoms with Gasteiger partial charge in [-0.1, -0.05) is 23.2 Å². The molecule has 108 valence electrons. The van der Waals surface area contributed by atoms with Gasteiger partial charge >= 0.3 is 6.03 Å². The molecule has 1 aliphatic rings. The minimum Gasteiger partial charge on any atom is -0.273 e. The summed E-state index contributed by atoms with van der Waals surface area (Å²) < 4.78 is 0. The Hall–Kier alpha value is -2.45. The van der Waals surface area contributed by atoms with Crippen LogP contribution in [0.2, 0.25) is 10.0 Å². The van der Waals surface area contributed by atoms with E-state index in [1.54, 1.807) is 0 Å². The Morgan fingerprint density at radius 1 is 1.05 bits per heavy atom. The highest BCUT2D eigenvalue weighted by atomic mass is 35.5. The molecular formula is C11H5Cl2N3O5. The summed E-state index contributed by atoms with van der Waals surface area (Å²) in [5, 5.41) is 14.4. The van der Waals surface area contributed by atoms with E-state index >= 15 is 0 Å². The lowest BCUT2D eigenvalue weighted by molar-refractivity contribution is -0.384. The normalized spacial score (nSPS) is 14.6. The number of nitro groups is 1. The first kappa shape index (κ1) is 14.9. The zero-order chi connectivity index (χ0) is 15.7. The molecule has 0 aromatic heterocycles. The van der Waals surface area contributed by atoms with Crippen molar-refractivity contribution in [1.82, 2.24) is 10.6 Å². The van der Waals surface area contributed by atoms with Gasteiger partial charge < -0.3 is 0 Å². The van der Waals surface area contributed by atoms with E-state index in [0.717, 1.165) is 18.2 Å². The first-order valence-electron chi connectivity index (χ1n) is 5.31. The van der Waals surface area contributed by atoms with Gasteiger partial charge in [0.1, 0.15) is 10.6 Å². The SMILES string of the molecule is O=C1NC(=O)C(=Cc2cc([N+](=O)[O-])c(Cl)cc2Cl)C(=O)N1. The number of carbonyl (C=O) groups is 3. The van der Waals surface area contributed by atoms with Crippen molar-refractivity contribution in [2.45, 2.75) is 0 Å². The third kappa shape index (κ3) is 3.01.